The molecule has 1 aliphatic heterocycles. The van der Waals surface area contributed by atoms with Gasteiger partial charge in [0.25, 0.3) is 0 Å². The number of carbonyl (C=O) groups excluding carboxylic acids is 1. The first-order chi connectivity index (χ1) is 11.3. The lowest BCUT2D eigenvalue weighted by atomic mass is 10.0. The Morgan fingerprint density at radius 1 is 1.04 bits per heavy atom. The number of hydrazone groups is 1. The van der Waals surface area contributed by atoms with Gasteiger partial charge < -0.3 is 4.74 Å². The zero-order valence-electron chi connectivity index (χ0n) is 12.0. The first kappa shape index (κ1) is 13.8. The van der Waals surface area contributed by atoms with Crippen LogP contribution in [0.5, 0.6) is 5.75 Å². The van der Waals surface area contributed by atoms with Crippen molar-refractivity contribution >= 4 is 34.9 Å². The lowest BCUT2D eigenvalue weighted by Gasteiger charge is -2.12. The fourth-order valence-electron chi connectivity index (χ4n) is 2.51. The number of ether oxygens (including phenoxy) is 1. The zero-order chi connectivity index (χ0) is 15.6. The minimum atomic E-state index is -0.357. The summed E-state index contributed by atoms with van der Waals surface area (Å²) in [4.78, 5) is 16.3. The van der Waals surface area contributed by atoms with E-state index in [4.69, 9.17) is 4.74 Å². The van der Waals surface area contributed by atoms with Crippen LogP contribution in [-0.4, -0.2) is 12.2 Å². The average Bonchev–Trinajstić information content (AvgIpc) is 2.61. The lowest BCUT2D eigenvalue weighted by Crippen LogP contribution is -2.10. The molecule has 0 fully saturated rings. The van der Waals surface area contributed by atoms with Gasteiger partial charge in [-0.15, -0.1) is 0 Å². The summed E-state index contributed by atoms with van der Waals surface area (Å²) in [5.74, 6) is 0.162. The van der Waals surface area contributed by atoms with Gasteiger partial charge in [-0.3, -0.25) is 0 Å². The number of carbonyl (C=O) groups is 1. The summed E-state index contributed by atoms with van der Waals surface area (Å²) in [5.41, 5.74) is 1.56. The second-order valence-electron chi connectivity index (χ2n) is 5.07. The maximum absolute atomic E-state index is 12.5. The van der Waals surface area contributed by atoms with Crippen molar-refractivity contribution in [3.63, 3.8) is 0 Å². The van der Waals surface area contributed by atoms with Crippen LogP contribution in [-0.2, 0) is 0 Å². The predicted octanol–water partition coefficient (Wildman–Crippen LogP) is 4.00. The van der Waals surface area contributed by atoms with E-state index in [9.17, 15) is 4.79 Å². The van der Waals surface area contributed by atoms with Crippen molar-refractivity contribution < 1.29 is 9.53 Å². The minimum absolute atomic E-state index is 0.357. The Morgan fingerprint density at radius 2 is 1.91 bits per heavy atom. The maximum atomic E-state index is 12.5. The minimum Gasteiger partial charge on any atom is -0.423 e. The number of rotatable bonds is 2. The Morgan fingerprint density at radius 3 is 2.87 bits per heavy atom. The molecule has 5 heteroatoms. The van der Waals surface area contributed by atoms with Crippen LogP contribution in [0, 0.1) is 0 Å². The molecule has 0 unspecified atom stereocenters. The highest BCUT2D eigenvalue weighted by molar-refractivity contribution is 7.97. The number of esters is 1. The van der Waals surface area contributed by atoms with Crippen LogP contribution in [0.25, 0.3) is 10.8 Å². The third kappa shape index (κ3) is 2.66. The summed E-state index contributed by atoms with van der Waals surface area (Å²) in [6.07, 6.45) is 1.74. The number of nitrogens with one attached hydrogen (secondary N) is 1. The van der Waals surface area contributed by atoms with E-state index >= 15 is 0 Å². The fourth-order valence-corrected chi connectivity index (χ4v) is 3.13. The van der Waals surface area contributed by atoms with Crippen LogP contribution >= 0.6 is 11.9 Å². The number of fused-ring (bicyclic) bond motifs is 2. The monoisotopic (exact) mass is 320 g/mol. The Balaban J connectivity index is 1.66. The highest BCUT2D eigenvalue weighted by atomic mass is 32.2. The van der Waals surface area contributed by atoms with Gasteiger partial charge in [-0.1, -0.05) is 36.4 Å². The summed E-state index contributed by atoms with van der Waals surface area (Å²) in [6, 6.07) is 18.9. The molecule has 0 saturated carbocycles. The highest BCUT2D eigenvalue weighted by Crippen LogP contribution is 2.28. The van der Waals surface area contributed by atoms with Crippen molar-refractivity contribution in [1.29, 1.82) is 0 Å². The molecule has 3 aromatic rings. The number of nitrogens with zero attached hydrogens (tertiary/aromatic N) is 1. The van der Waals surface area contributed by atoms with Crippen molar-refractivity contribution in [2.24, 2.45) is 5.10 Å². The van der Waals surface area contributed by atoms with Crippen LogP contribution in [0.2, 0.25) is 0 Å². The molecule has 1 aliphatic rings. The average molecular weight is 320 g/mol. The van der Waals surface area contributed by atoms with E-state index in [1.807, 2.05) is 48.5 Å². The number of hydrogen-bond acceptors (Lipinski definition) is 5. The van der Waals surface area contributed by atoms with Gasteiger partial charge in [0.2, 0.25) is 0 Å². The molecule has 0 atom stereocenters. The molecule has 0 spiro atoms. The number of benzene rings is 3. The van der Waals surface area contributed by atoms with Gasteiger partial charge in [-0.25, -0.2) is 9.63 Å². The van der Waals surface area contributed by atoms with E-state index in [0.717, 1.165) is 21.2 Å². The summed E-state index contributed by atoms with van der Waals surface area (Å²) in [6.45, 7) is 0. The van der Waals surface area contributed by atoms with Gasteiger partial charge in [0.1, 0.15) is 5.75 Å². The van der Waals surface area contributed by atoms with Gasteiger partial charge in [0, 0.05) is 22.4 Å². The fraction of sp³-hybridized carbons (Fsp3) is 0. The van der Waals surface area contributed by atoms with Crippen molar-refractivity contribution in [2.45, 2.75) is 4.90 Å². The normalized spacial score (nSPS) is 12.5. The van der Waals surface area contributed by atoms with E-state index in [1.54, 1.807) is 18.3 Å². The van der Waals surface area contributed by atoms with Crippen LogP contribution in [0.1, 0.15) is 15.9 Å². The molecule has 0 aromatic heterocycles. The molecule has 0 radical (unpaired) electrons. The van der Waals surface area contributed by atoms with Crippen LogP contribution in [0.15, 0.2) is 70.7 Å². The predicted molar refractivity (Wildman–Crippen MR) is 91.9 cm³/mol. The lowest BCUT2D eigenvalue weighted by molar-refractivity contribution is 0.0736. The van der Waals surface area contributed by atoms with Crippen molar-refractivity contribution in [3.8, 4) is 5.75 Å². The third-order valence-corrected chi connectivity index (χ3v) is 4.39. The highest BCUT2D eigenvalue weighted by Gasteiger charge is 2.14. The van der Waals surface area contributed by atoms with Gasteiger partial charge in [-0.05, 0) is 35.0 Å². The van der Waals surface area contributed by atoms with Crippen LogP contribution < -0.4 is 9.57 Å². The van der Waals surface area contributed by atoms with Gasteiger partial charge >= 0.3 is 5.97 Å². The van der Waals surface area contributed by atoms with Crippen molar-refractivity contribution in [3.05, 3.63) is 71.8 Å². The molecule has 0 amide bonds. The quantitative estimate of drug-likeness (QED) is 0.440. The molecule has 23 heavy (non-hydrogen) atoms. The van der Waals surface area contributed by atoms with Crippen molar-refractivity contribution in [1.82, 2.24) is 4.83 Å². The summed E-state index contributed by atoms with van der Waals surface area (Å²) in [5, 5.41) is 5.88. The number of hydrogen-bond donors (Lipinski definition) is 1. The standard InChI is InChI=1S/C18H12N2O2S/c21-18(16-7-3-5-12-4-1-2-6-15(12)16)22-14-9-8-13-11-19-20-23-17(13)10-14/h1-11,20H. The molecule has 0 saturated heterocycles. The van der Waals surface area contributed by atoms with E-state index in [2.05, 4.69) is 9.93 Å². The van der Waals surface area contributed by atoms with Gasteiger partial charge in [0.15, 0.2) is 0 Å². The van der Waals surface area contributed by atoms with Gasteiger partial charge in [0.05, 0.1) is 11.8 Å². The summed E-state index contributed by atoms with van der Waals surface area (Å²) in [7, 11) is 0. The maximum Gasteiger partial charge on any atom is 0.344 e. The van der Waals surface area contributed by atoms with Crippen molar-refractivity contribution in [2.75, 3.05) is 0 Å². The topological polar surface area (TPSA) is 50.7 Å². The molecule has 0 aliphatic carbocycles. The molecule has 1 N–H and O–H groups in total. The molecule has 112 valence electrons. The largest absolute Gasteiger partial charge is 0.423 e. The zero-order valence-corrected chi connectivity index (χ0v) is 12.8. The van der Waals surface area contributed by atoms with Crippen LogP contribution in [0.3, 0.4) is 0 Å². The second kappa shape index (κ2) is 5.78. The smallest absolute Gasteiger partial charge is 0.344 e. The molecule has 0 bridgehead atoms. The van der Waals surface area contributed by atoms with Gasteiger partial charge in [-0.2, -0.15) is 5.10 Å². The van der Waals surface area contributed by atoms with E-state index in [-0.39, 0.29) is 5.97 Å². The molecular formula is C18H12N2O2S. The Kier molecular flexibility index (Phi) is 3.48. The molecule has 1 heterocycles. The Labute approximate surface area is 137 Å². The van der Waals surface area contributed by atoms with Crippen LogP contribution in [0.4, 0.5) is 0 Å². The SMILES string of the molecule is O=C(Oc1ccc2c(c1)SNN=C2)c1cccc2ccccc12. The first-order valence-corrected chi connectivity index (χ1v) is 7.92. The van der Waals surface area contributed by atoms with E-state index < -0.39 is 0 Å². The summed E-state index contributed by atoms with van der Waals surface area (Å²) >= 11 is 1.39. The molecule has 3 aromatic carbocycles. The van der Waals surface area contributed by atoms with E-state index in [0.29, 0.717) is 11.3 Å². The Hall–Kier alpha value is -2.79. The Bertz CT molecular complexity index is 932. The second-order valence-corrected chi connectivity index (χ2v) is 5.89. The summed E-state index contributed by atoms with van der Waals surface area (Å²) < 4.78 is 5.55. The third-order valence-electron chi connectivity index (χ3n) is 3.62. The van der Waals surface area contributed by atoms with E-state index in [1.165, 1.54) is 11.9 Å². The molecule has 4 nitrogen and oxygen atoms in total. The molecular weight excluding hydrogens is 308 g/mol. The first-order valence-electron chi connectivity index (χ1n) is 7.10. The molecule has 4 rings (SSSR count).